The van der Waals surface area contributed by atoms with Crippen LogP contribution in [0.15, 0.2) is 53.0 Å². The molecule has 0 fully saturated rings. The van der Waals surface area contributed by atoms with E-state index in [-0.39, 0.29) is 0 Å². The third-order valence-corrected chi connectivity index (χ3v) is 2.60. The topological polar surface area (TPSA) is 12.0 Å². The molecule has 0 saturated carbocycles. The van der Waals surface area contributed by atoms with Crippen molar-refractivity contribution < 1.29 is 0 Å². The maximum absolute atomic E-state index is 3.46. The van der Waals surface area contributed by atoms with Gasteiger partial charge in [-0.15, -0.1) is 0 Å². The minimum atomic E-state index is 0.837. The molecule has 0 aliphatic heterocycles. The lowest BCUT2D eigenvalue weighted by Crippen LogP contribution is -1.98. The first-order valence-corrected chi connectivity index (χ1v) is 5.58. The molecule has 0 saturated heterocycles. The first-order chi connectivity index (χ1) is 7.34. The zero-order valence-corrected chi connectivity index (χ0v) is 9.79. The summed E-state index contributed by atoms with van der Waals surface area (Å²) in [5.74, 6) is 0. The zero-order valence-electron chi connectivity index (χ0n) is 8.20. The fourth-order valence-electron chi connectivity index (χ4n) is 1.36. The van der Waals surface area contributed by atoms with Crippen LogP contribution in [-0.2, 0) is 6.54 Å². The second kappa shape index (κ2) is 4.99. The Morgan fingerprint density at radius 3 is 2.67 bits per heavy atom. The minimum absolute atomic E-state index is 0.837. The maximum atomic E-state index is 3.46. The average Bonchev–Trinajstić information content (AvgIpc) is 2.28. The van der Waals surface area contributed by atoms with E-state index in [4.69, 9.17) is 0 Å². The van der Waals surface area contributed by atoms with Gasteiger partial charge in [0.2, 0.25) is 0 Å². The summed E-state index contributed by atoms with van der Waals surface area (Å²) >= 11 is 3.46. The van der Waals surface area contributed by atoms with Crippen molar-refractivity contribution >= 4 is 21.6 Å². The minimum Gasteiger partial charge on any atom is -0.381 e. The van der Waals surface area contributed by atoms with Gasteiger partial charge in [-0.05, 0) is 35.9 Å². The number of anilines is 1. The van der Waals surface area contributed by atoms with Gasteiger partial charge in [-0.1, -0.05) is 40.2 Å². The molecule has 75 valence electrons. The van der Waals surface area contributed by atoms with Crippen molar-refractivity contribution in [2.45, 2.75) is 6.54 Å². The van der Waals surface area contributed by atoms with Crippen LogP contribution in [0, 0.1) is 6.07 Å². The van der Waals surface area contributed by atoms with Crippen molar-refractivity contribution in [3.63, 3.8) is 0 Å². The third kappa shape index (κ3) is 3.10. The van der Waals surface area contributed by atoms with Gasteiger partial charge >= 0.3 is 0 Å². The number of benzene rings is 2. The van der Waals surface area contributed by atoms with Crippen LogP contribution in [0.25, 0.3) is 0 Å². The van der Waals surface area contributed by atoms with E-state index in [1.54, 1.807) is 0 Å². The molecule has 2 heteroatoms. The Bertz CT molecular complexity index is 426. The van der Waals surface area contributed by atoms with Crippen molar-refractivity contribution in [2.24, 2.45) is 0 Å². The fraction of sp³-hybridized carbons (Fsp3) is 0.0769. The van der Waals surface area contributed by atoms with Gasteiger partial charge in [0, 0.05) is 16.7 Å². The summed E-state index contributed by atoms with van der Waals surface area (Å²) in [6, 6.07) is 19.1. The Labute approximate surface area is 98.3 Å². The lowest BCUT2D eigenvalue weighted by molar-refractivity contribution is 1.15. The summed E-state index contributed by atoms with van der Waals surface area (Å²) in [7, 11) is 0. The van der Waals surface area contributed by atoms with Crippen LogP contribution < -0.4 is 5.32 Å². The molecular formula is C13H11BrN. The van der Waals surface area contributed by atoms with Gasteiger partial charge in [-0.3, -0.25) is 0 Å². The van der Waals surface area contributed by atoms with E-state index >= 15 is 0 Å². The molecule has 0 spiro atoms. The van der Waals surface area contributed by atoms with E-state index in [2.05, 4.69) is 39.4 Å². The lowest BCUT2D eigenvalue weighted by atomic mass is 10.2. The molecule has 2 aromatic carbocycles. The van der Waals surface area contributed by atoms with E-state index in [0.717, 1.165) is 16.7 Å². The first kappa shape index (κ1) is 10.2. The molecule has 2 rings (SSSR count). The summed E-state index contributed by atoms with van der Waals surface area (Å²) < 4.78 is 1.11. The molecule has 0 amide bonds. The Balaban J connectivity index is 1.99. The summed E-state index contributed by atoms with van der Waals surface area (Å²) in [6.07, 6.45) is 0. The van der Waals surface area contributed by atoms with E-state index < -0.39 is 0 Å². The molecule has 0 aromatic heterocycles. The Hall–Kier alpha value is -1.28. The average molecular weight is 261 g/mol. The number of rotatable bonds is 3. The molecule has 1 N–H and O–H groups in total. The molecule has 0 aliphatic rings. The number of nitrogens with one attached hydrogen (secondary N) is 1. The van der Waals surface area contributed by atoms with E-state index in [1.807, 2.05) is 36.4 Å². The van der Waals surface area contributed by atoms with Crippen molar-refractivity contribution in [3.05, 3.63) is 64.6 Å². The van der Waals surface area contributed by atoms with Gasteiger partial charge in [0.05, 0.1) is 0 Å². The van der Waals surface area contributed by atoms with Gasteiger partial charge in [-0.2, -0.15) is 0 Å². The van der Waals surface area contributed by atoms with Crippen LogP contribution in [-0.4, -0.2) is 0 Å². The summed E-state index contributed by atoms with van der Waals surface area (Å²) in [4.78, 5) is 0. The highest BCUT2D eigenvalue weighted by Crippen LogP contribution is 2.13. The summed E-state index contributed by atoms with van der Waals surface area (Å²) in [6.45, 7) is 0.837. The largest absolute Gasteiger partial charge is 0.381 e. The quantitative estimate of drug-likeness (QED) is 0.884. The molecular weight excluding hydrogens is 250 g/mol. The predicted octanol–water partition coefficient (Wildman–Crippen LogP) is 3.86. The van der Waals surface area contributed by atoms with Gasteiger partial charge in [-0.25, -0.2) is 0 Å². The van der Waals surface area contributed by atoms with Crippen molar-refractivity contribution in [2.75, 3.05) is 5.32 Å². The van der Waals surface area contributed by atoms with E-state index in [0.29, 0.717) is 0 Å². The van der Waals surface area contributed by atoms with Gasteiger partial charge in [0.25, 0.3) is 0 Å². The normalized spacial score (nSPS) is 9.93. The van der Waals surface area contributed by atoms with Gasteiger partial charge in [0.1, 0.15) is 0 Å². The van der Waals surface area contributed by atoms with Crippen molar-refractivity contribution in [1.29, 1.82) is 0 Å². The Morgan fingerprint density at radius 1 is 1.13 bits per heavy atom. The van der Waals surface area contributed by atoms with Crippen molar-refractivity contribution in [3.8, 4) is 0 Å². The predicted molar refractivity (Wildman–Crippen MR) is 66.7 cm³/mol. The second-order valence-corrected chi connectivity index (χ2v) is 4.19. The van der Waals surface area contributed by atoms with Crippen molar-refractivity contribution in [1.82, 2.24) is 0 Å². The molecule has 0 aliphatic carbocycles. The molecule has 0 heterocycles. The maximum Gasteiger partial charge on any atom is 0.0401 e. The molecule has 1 radical (unpaired) electrons. The molecule has 0 atom stereocenters. The third-order valence-electron chi connectivity index (χ3n) is 2.10. The zero-order chi connectivity index (χ0) is 10.5. The Morgan fingerprint density at radius 2 is 1.93 bits per heavy atom. The van der Waals surface area contributed by atoms with Crippen LogP contribution in [0.5, 0.6) is 0 Å². The molecule has 2 aromatic rings. The fourth-order valence-corrected chi connectivity index (χ4v) is 1.80. The monoisotopic (exact) mass is 260 g/mol. The SMILES string of the molecule is Brc1cccc(CNc2cc[c]cc2)c1. The number of hydrogen-bond acceptors (Lipinski definition) is 1. The standard InChI is InChI=1S/C13H11BrN/c14-12-6-4-5-11(9-12)10-15-13-7-2-1-3-8-13/h2-9,15H,10H2. The highest BCUT2D eigenvalue weighted by atomic mass is 79.9. The molecule has 1 nitrogen and oxygen atoms in total. The highest BCUT2D eigenvalue weighted by Gasteiger charge is 1.93. The summed E-state index contributed by atoms with van der Waals surface area (Å²) in [5.41, 5.74) is 2.38. The summed E-state index contributed by atoms with van der Waals surface area (Å²) in [5, 5.41) is 3.35. The van der Waals surface area contributed by atoms with Crippen LogP contribution in [0.2, 0.25) is 0 Å². The molecule has 15 heavy (non-hydrogen) atoms. The second-order valence-electron chi connectivity index (χ2n) is 3.27. The van der Waals surface area contributed by atoms with E-state index in [1.165, 1.54) is 5.56 Å². The first-order valence-electron chi connectivity index (χ1n) is 4.79. The van der Waals surface area contributed by atoms with Crippen LogP contribution in [0.4, 0.5) is 5.69 Å². The lowest BCUT2D eigenvalue weighted by Gasteiger charge is -2.06. The van der Waals surface area contributed by atoms with E-state index in [9.17, 15) is 0 Å². The highest BCUT2D eigenvalue weighted by molar-refractivity contribution is 9.10. The van der Waals surface area contributed by atoms with Crippen LogP contribution in [0.1, 0.15) is 5.56 Å². The number of halogens is 1. The van der Waals surface area contributed by atoms with Gasteiger partial charge in [0.15, 0.2) is 0 Å². The smallest absolute Gasteiger partial charge is 0.0401 e. The number of hydrogen-bond donors (Lipinski definition) is 1. The molecule has 0 bridgehead atoms. The molecule has 0 unspecified atom stereocenters. The van der Waals surface area contributed by atoms with Gasteiger partial charge < -0.3 is 5.32 Å². The Kier molecular flexibility index (Phi) is 3.41. The van der Waals surface area contributed by atoms with Crippen LogP contribution in [0.3, 0.4) is 0 Å². The van der Waals surface area contributed by atoms with Crippen LogP contribution >= 0.6 is 15.9 Å².